The number of hydrogen-bond donors (Lipinski definition) is 1. The first-order valence-electron chi connectivity index (χ1n) is 12.0. The Morgan fingerprint density at radius 1 is 0.806 bits per heavy atom. The van der Waals surface area contributed by atoms with Crippen molar-refractivity contribution in [1.82, 2.24) is 9.80 Å². The highest BCUT2D eigenvalue weighted by Crippen LogP contribution is 2.39. The first-order chi connectivity index (χ1) is 15.2. The molecule has 3 aliphatic rings. The molecule has 0 radical (unpaired) electrons. The highest BCUT2D eigenvalue weighted by Gasteiger charge is 2.44. The highest BCUT2D eigenvalue weighted by atomic mass is 16.3. The van der Waals surface area contributed by atoms with E-state index in [1.165, 1.54) is 5.56 Å². The predicted molar refractivity (Wildman–Crippen MR) is 123 cm³/mol. The molecule has 3 fully saturated rings. The maximum Gasteiger partial charge on any atom is 0.254 e. The molecule has 2 heterocycles. The van der Waals surface area contributed by atoms with Crippen molar-refractivity contribution in [2.75, 3.05) is 19.6 Å². The van der Waals surface area contributed by atoms with Crippen LogP contribution >= 0.6 is 0 Å². The van der Waals surface area contributed by atoms with E-state index in [4.69, 9.17) is 0 Å². The third-order valence-corrected chi connectivity index (χ3v) is 7.94. The van der Waals surface area contributed by atoms with Gasteiger partial charge in [-0.15, -0.1) is 0 Å². The molecule has 5 rings (SSSR count). The normalized spacial score (nSPS) is 30.0. The lowest BCUT2D eigenvalue weighted by Crippen LogP contribution is -2.59. The van der Waals surface area contributed by atoms with Crippen LogP contribution in [0.4, 0.5) is 0 Å². The minimum Gasteiger partial charge on any atom is -0.391 e. The molecule has 2 saturated heterocycles. The number of aliphatic hydroxyl groups excluding tert-OH is 1. The van der Waals surface area contributed by atoms with E-state index in [0.717, 1.165) is 63.7 Å². The first kappa shape index (κ1) is 20.7. The first-order valence-corrected chi connectivity index (χ1v) is 12.0. The molecule has 1 N–H and O–H groups in total. The Morgan fingerprint density at radius 2 is 1.48 bits per heavy atom. The SMILES string of the molecule is O=C(c1ccccc1)N1CCC[C@H]2C[C@H](O)[C@@H](N3CCC(c4ccccc4)CC3)C[C@@H]21. The number of carbonyl (C=O) groups is 1. The summed E-state index contributed by atoms with van der Waals surface area (Å²) in [4.78, 5) is 17.9. The highest BCUT2D eigenvalue weighted by molar-refractivity contribution is 5.94. The van der Waals surface area contributed by atoms with Gasteiger partial charge in [0.05, 0.1) is 6.10 Å². The van der Waals surface area contributed by atoms with Crippen LogP contribution in [0.3, 0.4) is 0 Å². The van der Waals surface area contributed by atoms with E-state index in [0.29, 0.717) is 11.8 Å². The van der Waals surface area contributed by atoms with Gasteiger partial charge in [-0.2, -0.15) is 0 Å². The zero-order valence-electron chi connectivity index (χ0n) is 18.3. The molecule has 0 aromatic heterocycles. The number of nitrogens with zero attached hydrogens (tertiary/aromatic N) is 2. The number of piperidine rings is 2. The fourth-order valence-electron chi connectivity index (χ4n) is 6.28. The van der Waals surface area contributed by atoms with E-state index in [2.05, 4.69) is 40.1 Å². The minimum absolute atomic E-state index is 0.160. The number of aliphatic hydroxyl groups is 1. The molecular weight excluding hydrogens is 384 g/mol. The monoisotopic (exact) mass is 418 g/mol. The Bertz CT molecular complexity index is 863. The van der Waals surface area contributed by atoms with E-state index in [-0.39, 0.29) is 24.1 Å². The summed E-state index contributed by atoms with van der Waals surface area (Å²) < 4.78 is 0. The largest absolute Gasteiger partial charge is 0.391 e. The molecule has 31 heavy (non-hydrogen) atoms. The van der Waals surface area contributed by atoms with Crippen molar-refractivity contribution in [3.05, 3.63) is 71.8 Å². The molecule has 2 aliphatic heterocycles. The number of fused-ring (bicyclic) bond motifs is 1. The lowest BCUT2D eigenvalue weighted by Gasteiger charge is -2.51. The van der Waals surface area contributed by atoms with Gasteiger partial charge in [-0.3, -0.25) is 9.69 Å². The molecule has 2 aromatic carbocycles. The number of benzene rings is 2. The summed E-state index contributed by atoms with van der Waals surface area (Å²) in [6.45, 7) is 2.91. The Balaban J connectivity index is 1.27. The topological polar surface area (TPSA) is 43.8 Å². The number of carbonyl (C=O) groups excluding carboxylic acids is 1. The zero-order chi connectivity index (χ0) is 21.2. The smallest absolute Gasteiger partial charge is 0.254 e. The molecule has 0 unspecified atom stereocenters. The lowest BCUT2D eigenvalue weighted by molar-refractivity contribution is -0.0514. The van der Waals surface area contributed by atoms with E-state index >= 15 is 0 Å². The van der Waals surface area contributed by atoms with Gasteiger partial charge in [0.15, 0.2) is 0 Å². The molecule has 4 atom stereocenters. The summed E-state index contributed by atoms with van der Waals surface area (Å²) in [5.41, 5.74) is 2.23. The summed E-state index contributed by atoms with van der Waals surface area (Å²) in [5.74, 6) is 1.21. The summed E-state index contributed by atoms with van der Waals surface area (Å²) in [6.07, 6.45) is 5.92. The Morgan fingerprint density at radius 3 is 2.19 bits per heavy atom. The van der Waals surface area contributed by atoms with Crippen LogP contribution in [0.1, 0.15) is 60.4 Å². The van der Waals surface area contributed by atoms with Crippen molar-refractivity contribution in [2.24, 2.45) is 5.92 Å². The number of amides is 1. The Labute approximate surface area is 185 Å². The molecule has 164 valence electrons. The average Bonchev–Trinajstić information content (AvgIpc) is 2.84. The summed E-state index contributed by atoms with van der Waals surface area (Å²) in [5, 5.41) is 11.0. The van der Waals surface area contributed by atoms with Crippen LogP contribution in [0.5, 0.6) is 0 Å². The molecule has 1 saturated carbocycles. The third-order valence-electron chi connectivity index (χ3n) is 7.94. The number of likely N-dealkylation sites (tertiary alicyclic amines) is 2. The maximum atomic E-state index is 13.3. The van der Waals surface area contributed by atoms with Gasteiger partial charge in [-0.1, -0.05) is 48.5 Å². The molecular formula is C27H34N2O2. The zero-order valence-corrected chi connectivity index (χ0v) is 18.3. The van der Waals surface area contributed by atoms with Crippen LogP contribution in [0.25, 0.3) is 0 Å². The van der Waals surface area contributed by atoms with Gasteiger partial charge in [-0.05, 0) is 81.1 Å². The summed E-state index contributed by atoms with van der Waals surface area (Å²) >= 11 is 0. The van der Waals surface area contributed by atoms with Crippen LogP contribution in [0.15, 0.2) is 60.7 Å². The van der Waals surface area contributed by atoms with Gasteiger partial charge in [0.2, 0.25) is 0 Å². The van der Waals surface area contributed by atoms with Crippen LogP contribution < -0.4 is 0 Å². The van der Waals surface area contributed by atoms with E-state index < -0.39 is 0 Å². The molecule has 1 aliphatic carbocycles. The van der Waals surface area contributed by atoms with Crippen molar-refractivity contribution in [3.63, 3.8) is 0 Å². The van der Waals surface area contributed by atoms with E-state index in [1.807, 2.05) is 30.3 Å². The number of rotatable bonds is 3. The van der Waals surface area contributed by atoms with Gasteiger partial charge in [0.1, 0.15) is 0 Å². The third kappa shape index (κ3) is 4.28. The van der Waals surface area contributed by atoms with Crippen LogP contribution in [0, 0.1) is 5.92 Å². The van der Waals surface area contributed by atoms with Gasteiger partial charge in [-0.25, -0.2) is 0 Å². The standard InChI is InChI=1S/C27H34N2O2/c30-26-18-23-12-7-15-29(27(31)22-10-5-2-6-11-22)24(23)19-25(26)28-16-13-21(14-17-28)20-8-3-1-4-9-20/h1-6,8-11,21,23-26,30H,7,12-19H2/t23-,24-,25-,26-/m0/s1. The maximum absolute atomic E-state index is 13.3. The fourth-order valence-corrected chi connectivity index (χ4v) is 6.28. The van der Waals surface area contributed by atoms with Crippen LogP contribution in [-0.4, -0.2) is 58.6 Å². The Hall–Kier alpha value is -2.17. The van der Waals surface area contributed by atoms with Crippen molar-refractivity contribution in [3.8, 4) is 0 Å². The molecule has 4 heteroatoms. The average molecular weight is 419 g/mol. The van der Waals surface area contributed by atoms with Crippen molar-refractivity contribution in [1.29, 1.82) is 0 Å². The quantitative estimate of drug-likeness (QED) is 0.808. The molecule has 0 spiro atoms. The van der Waals surface area contributed by atoms with E-state index in [9.17, 15) is 9.90 Å². The second-order valence-electron chi connectivity index (χ2n) is 9.66. The predicted octanol–water partition coefficient (Wildman–Crippen LogP) is 4.31. The second-order valence-corrected chi connectivity index (χ2v) is 9.66. The summed E-state index contributed by atoms with van der Waals surface area (Å²) in [7, 11) is 0. The minimum atomic E-state index is -0.277. The lowest BCUT2D eigenvalue weighted by atomic mass is 9.73. The molecule has 2 aromatic rings. The van der Waals surface area contributed by atoms with Crippen LogP contribution in [0.2, 0.25) is 0 Å². The van der Waals surface area contributed by atoms with Crippen LogP contribution in [-0.2, 0) is 0 Å². The fraction of sp³-hybridized carbons (Fsp3) is 0.519. The van der Waals surface area contributed by atoms with Gasteiger partial charge in [0, 0.05) is 24.2 Å². The van der Waals surface area contributed by atoms with Crippen molar-refractivity contribution < 1.29 is 9.90 Å². The van der Waals surface area contributed by atoms with Gasteiger partial charge in [0.25, 0.3) is 5.91 Å². The van der Waals surface area contributed by atoms with Gasteiger partial charge >= 0.3 is 0 Å². The van der Waals surface area contributed by atoms with Gasteiger partial charge < -0.3 is 10.0 Å². The number of hydrogen-bond acceptors (Lipinski definition) is 3. The second kappa shape index (κ2) is 9.13. The van der Waals surface area contributed by atoms with Crippen molar-refractivity contribution in [2.45, 2.75) is 62.6 Å². The van der Waals surface area contributed by atoms with Crippen molar-refractivity contribution >= 4 is 5.91 Å². The Kier molecular flexibility index (Phi) is 6.10. The molecule has 4 nitrogen and oxygen atoms in total. The molecule has 1 amide bonds. The molecule has 0 bridgehead atoms. The summed E-state index contributed by atoms with van der Waals surface area (Å²) in [6, 6.07) is 21.0. The van der Waals surface area contributed by atoms with E-state index in [1.54, 1.807) is 0 Å².